The first-order valence-electron chi connectivity index (χ1n) is 10.6. The van der Waals surface area contributed by atoms with E-state index in [1.807, 2.05) is 13.2 Å². The van der Waals surface area contributed by atoms with Gasteiger partial charge in [0.05, 0.1) is 6.10 Å². The molecular weight excluding hydrogens is 481 g/mol. The summed E-state index contributed by atoms with van der Waals surface area (Å²) in [5.74, 6) is 1.97. The molecule has 3 heterocycles. The van der Waals surface area contributed by atoms with Gasteiger partial charge in [-0.25, -0.2) is 4.98 Å². The smallest absolute Gasteiger partial charge is 0.191 e. The van der Waals surface area contributed by atoms with Crippen LogP contribution >= 0.6 is 24.0 Å². The molecule has 2 saturated heterocycles. The first-order valence-corrected chi connectivity index (χ1v) is 10.6. The summed E-state index contributed by atoms with van der Waals surface area (Å²) in [7, 11) is 1.83. The van der Waals surface area contributed by atoms with E-state index in [2.05, 4.69) is 44.6 Å². The van der Waals surface area contributed by atoms with Crippen LogP contribution in [0.3, 0.4) is 0 Å². The highest BCUT2D eigenvalue weighted by Gasteiger charge is 2.20. The van der Waals surface area contributed by atoms with E-state index in [-0.39, 0.29) is 24.0 Å². The van der Waals surface area contributed by atoms with Crippen molar-refractivity contribution in [2.24, 2.45) is 4.99 Å². The lowest BCUT2D eigenvalue weighted by molar-refractivity contribution is -0.0320. The first kappa shape index (κ1) is 24.1. The number of nitrogens with one attached hydrogen (secondary N) is 2. The Kier molecular flexibility index (Phi) is 11.0. The van der Waals surface area contributed by atoms with Crippen molar-refractivity contribution >= 4 is 35.8 Å². The van der Waals surface area contributed by atoms with E-state index in [0.717, 1.165) is 83.3 Å². The molecule has 0 spiro atoms. The summed E-state index contributed by atoms with van der Waals surface area (Å²) < 4.78 is 11.3. The van der Waals surface area contributed by atoms with Crippen LogP contribution in [0.4, 0.5) is 5.82 Å². The van der Waals surface area contributed by atoms with Crippen LogP contribution in [0.5, 0.6) is 0 Å². The van der Waals surface area contributed by atoms with Crippen LogP contribution in [-0.2, 0) is 9.47 Å². The Bertz CT molecular complexity index is 600. The van der Waals surface area contributed by atoms with Gasteiger partial charge in [0.15, 0.2) is 5.96 Å². The molecule has 1 aromatic heterocycles. The normalized spacial score (nSPS) is 19.0. The summed E-state index contributed by atoms with van der Waals surface area (Å²) in [6, 6.07) is 4.70. The Labute approximate surface area is 192 Å². The Morgan fingerprint density at radius 3 is 2.66 bits per heavy atom. The van der Waals surface area contributed by atoms with E-state index in [0.29, 0.717) is 12.1 Å². The molecule has 0 aromatic carbocycles. The fourth-order valence-corrected chi connectivity index (χ4v) is 3.66. The third kappa shape index (κ3) is 8.25. The van der Waals surface area contributed by atoms with Crippen LogP contribution in [0.25, 0.3) is 0 Å². The van der Waals surface area contributed by atoms with Gasteiger partial charge in [0.2, 0.25) is 0 Å². The second kappa shape index (κ2) is 13.2. The third-order valence-corrected chi connectivity index (χ3v) is 5.41. The second-order valence-corrected chi connectivity index (χ2v) is 7.63. The molecule has 0 bridgehead atoms. The van der Waals surface area contributed by atoms with Crippen molar-refractivity contribution in [3.63, 3.8) is 0 Å². The van der Waals surface area contributed by atoms with Gasteiger partial charge in [0.1, 0.15) is 5.82 Å². The molecule has 2 fully saturated rings. The van der Waals surface area contributed by atoms with Crippen molar-refractivity contribution in [3.05, 3.63) is 23.9 Å². The minimum atomic E-state index is 0. The van der Waals surface area contributed by atoms with Crippen molar-refractivity contribution in [3.8, 4) is 0 Å². The lowest BCUT2D eigenvalue weighted by Gasteiger charge is -2.33. The van der Waals surface area contributed by atoms with E-state index in [4.69, 9.17) is 9.47 Å². The standard InChI is InChI=1S/C21H35N5O2.HI/c1-17-4-5-20(24-16-17)26-11-6-18(7-12-26)25-21(22-2)23-10-3-13-28-19-8-14-27-15-9-19;/h4-5,16,18-19H,3,6-15H2,1-2H3,(H2,22,23,25);1H. The van der Waals surface area contributed by atoms with Crippen LogP contribution in [0.15, 0.2) is 23.3 Å². The quantitative estimate of drug-likeness (QED) is 0.251. The van der Waals surface area contributed by atoms with Crippen LogP contribution < -0.4 is 15.5 Å². The third-order valence-electron chi connectivity index (χ3n) is 5.41. The van der Waals surface area contributed by atoms with Crippen LogP contribution in [0.2, 0.25) is 0 Å². The van der Waals surface area contributed by atoms with Crippen LogP contribution in [0, 0.1) is 6.92 Å². The molecule has 0 radical (unpaired) electrons. The fourth-order valence-electron chi connectivity index (χ4n) is 3.66. The average molecular weight is 517 g/mol. The number of hydrogen-bond donors (Lipinski definition) is 2. The van der Waals surface area contributed by atoms with Gasteiger partial charge in [-0.2, -0.15) is 0 Å². The highest BCUT2D eigenvalue weighted by molar-refractivity contribution is 14.0. The van der Waals surface area contributed by atoms with Gasteiger partial charge in [0, 0.05) is 58.7 Å². The van der Waals surface area contributed by atoms with E-state index >= 15 is 0 Å². The molecule has 7 nitrogen and oxygen atoms in total. The molecule has 2 aliphatic heterocycles. The summed E-state index contributed by atoms with van der Waals surface area (Å²) in [6.07, 6.45) is 7.51. The van der Waals surface area contributed by atoms with Gasteiger partial charge in [-0.1, -0.05) is 6.07 Å². The van der Waals surface area contributed by atoms with Gasteiger partial charge in [0.25, 0.3) is 0 Å². The van der Waals surface area contributed by atoms with Crippen molar-refractivity contribution in [1.29, 1.82) is 0 Å². The zero-order valence-corrected chi connectivity index (χ0v) is 20.1. The molecule has 2 aliphatic rings. The summed E-state index contributed by atoms with van der Waals surface area (Å²) in [6.45, 7) is 7.43. The topological polar surface area (TPSA) is 71.0 Å². The van der Waals surface area contributed by atoms with E-state index < -0.39 is 0 Å². The zero-order chi connectivity index (χ0) is 19.6. The molecule has 164 valence electrons. The SMILES string of the molecule is CN=C(NCCCOC1CCOCC1)NC1CCN(c2ccc(C)cn2)CC1.I. The van der Waals surface area contributed by atoms with Crippen molar-refractivity contribution in [2.75, 3.05) is 51.4 Å². The Hall–Kier alpha value is -1.13. The number of nitrogens with zero attached hydrogens (tertiary/aromatic N) is 3. The van der Waals surface area contributed by atoms with Crippen molar-refractivity contribution < 1.29 is 9.47 Å². The highest BCUT2D eigenvalue weighted by Crippen LogP contribution is 2.18. The number of ether oxygens (including phenoxy) is 2. The Morgan fingerprint density at radius 2 is 2.00 bits per heavy atom. The summed E-state index contributed by atoms with van der Waals surface area (Å²) in [5, 5.41) is 6.97. The van der Waals surface area contributed by atoms with Crippen molar-refractivity contribution in [2.45, 2.75) is 51.2 Å². The number of rotatable bonds is 7. The molecule has 8 heteroatoms. The predicted octanol–water partition coefficient (Wildman–Crippen LogP) is 2.73. The molecule has 29 heavy (non-hydrogen) atoms. The van der Waals surface area contributed by atoms with E-state index in [1.54, 1.807) is 0 Å². The van der Waals surface area contributed by atoms with Crippen LogP contribution in [0.1, 0.15) is 37.7 Å². The number of halogens is 1. The monoisotopic (exact) mass is 517 g/mol. The second-order valence-electron chi connectivity index (χ2n) is 7.63. The molecule has 0 atom stereocenters. The van der Waals surface area contributed by atoms with E-state index in [9.17, 15) is 0 Å². The summed E-state index contributed by atoms with van der Waals surface area (Å²) in [4.78, 5) is 11.3. The Balaban J connectivity index is 0.00000300. The maximum absolute atomic E-state index is 5.92. The molecule has 0 amide bonds. The lowest BCUT2D eigenvalue weighted by Crippen LogP contribution is -2.49. The molecule has 0 unspecified atom stereocenters. The lowest BCUT2D eigenvalue weighted by atomic mass is 10.1. The van der Waals surface area contributed by atoms with Gasteiger partial charge < -0.3 is 25.0 Å². The molecule has 0 saturated carbocycles. The fraction of sp³-hybridized carbons (Fsp3) is 0.714. The van der Waals surface area contributed by atoms with E-state index in [1.165, 1.54) is 5.56 Å². The predicted molar refractivity (Wildman–Crippen MR) is 129 cm³/mol. The zero-order valence-electron chi connectivity index (χ0n) is 17.7. The molecule has 2 N–H and O–H groups in total. The number of hydrogen-bond acceptors (Lipinski definition) is 5. The number of guanidine groups is 1. The summed E-state index contributed by atoms with van der Waals surface area (Å²) >= 11 is 0. The molecule has 0 aliphatic carbocycles. The number of piperidine rings is 1. The average Bonchev–Trinajstić information content (AvgIpc) is 2.74. The summed E-state index contributed by atoms with van der Waals surface area (Å²) in [5.41, 5.74) is 1.20. The maximum Gasteiger partial charge on any atom is 0.191 e. The van der Waals surface area contributed by atoms with Gasteiger partial charge in [-0.3, -0.25) is 4.99 Å². The minimum absolute atomic E-state index is 0. The van der Waals surface area contributed by atoms with Gasteiger partial charge in [-0.15, -0.1) is 24.0 Å². The largest absolute Gasteiger partial charge is 0.381 e. The number of pyridine rings is 1. The first-order chi connectivity index (χ1) is 13.7. The minimum Gasteiger partial charge on any atom is -0.381 e. The van der Waals surface area contributed by atoms with Crippen LogP contribution in [-0.4, -0.2) is 69.6 Å². The number of aliphatic imine (C=N–C) groups is 1. The number of anilines is 1. The molecule has 3 rings (SSSR count). The number of aromatic nitrogens is 1. The Morgan fingerprint density at radius 1 is 1.24 bits per heavy atom. The van der Waals surface area contributed by atoms with Gasteiger partial charge >= 0.3 is 0 Å². The highest BCUT2D eigenvalue weighted by atomic mass is 127. The number of aryl methyl sites for hydroxylation is 1. The van der Waals surface area contributed by atoms with Gasteiger partial charge in [-0.05, 0) is 50.7 Å². The molecular formula is C21H36IN5O2. The maximum atomic E-state index is 5.92. The van der Waals surface area contributed by atoms with Crippen molar-refractivity contribution in [1.82, 2.24) is 15.6 Å². The molecule has 1 aromatic rings.